The van der Waals surface area contributed by atoms with Gasteiger partial charge in [-0.25, -0.2) is 0 Å². The summed E-state index contributed by atoms with van der Waals surface area (Å²) in [5, 5.41) is 27.3. The maximum Gasteiger partial charge on any atom is 0.170 e. The van der Waals surface area contributed by atoms with Gasteiger partial charge in [-0.1, -0.05) is 0 Å². The summed E-state index contributed by atoms with van der Waals surface area (Å²) >= 11 is 0. The molecule has 16 heavy (non-hydrogen) atoms. The molecule has 0 aliphatic rings. The molecule has 0 saturated heterocycles. The van der Waals surface area contributed by atoms with Crippen LogP contribution in [0.5, 0.6) is 5.75 Å². The number of methoxy groups -OCH3 is 1. The smallest absolute Gasteiger partial charge is 0.170 e. The van der Waals surface area contributed by atoms with E-state index in [-0.39, 0.29) is 5.56 Å². The summed E-state index contributed by atoms with van der Waals surface area (Å²) in [6.45, 7) is 0. The third kappa shape index (κ3) is 2.37. The van der Waals surface area contributed by atoms with Crippen molar-refractivity contribution in [3.8, 4) is 11.8 Å². The van der Waals surface area contributed by atoms with Crippen molar-refractivity contribution < 1.29 is 19.7 Å². The van der Waals surface area contributed by atoms with E-state index in [1.54, 1.807) is 0 Å². The van der Waals surface area contributed by atoms with Gasteiger partial charge in [0.25, 0.3) is 0 Å². The molecule has 2 unspecified atom stereocenters. The number of hydrogen-bond acceptors (Lipinski definition) is 5. The average molecular weight is 221 g/mol. The second-order valence-corrected chi connectivity index (χ2v) is 3.14. The highest BCUT2D eigenvalue weighted by Crippen LogP contribution is 2.27. The normalized spacial score (nSPS) is 13.6. The van der Waals surface area contributed by atoms with Gasteiger partial charge in [-0.2, -0.15) is 5.26 Å². The van der Waals surface area contributed by atoms with Crippen LogP contribution in [0.4, 0.5) is 0 Å². The van der Waals surface area contributed by atoms with Gasteiger partial charge in [-0.3, -0.25) is 4.79 Å². The van der Waals surface area contributed by atoms with Gasteiger partial charge < -0.3 is 14.9 Å². The van der Waals surface area contributed by atoms with Crippen molar-refractivity contribution in [2.45, 2.75) is 12.2 Å². The van der Waals surface area contributed by atoms with Gasteiger partial charge in [-0.15, -0.1) is 0 Å². The van der Waals surface area contributed by atoms with Gasteiger partial charge in [0.15, 0.2) is 6.10 Å². The lowest BCUT2D eigenvalue weighted by molar-refractivity contribution is 0.0510. The zero-order valence-electron chi connectivity index (χ0n) is 8.62. The van der Waals surface area contributed by atoms with E-state index >= 15 is 0 Å². The fraction of sp³-hybridized carbons (Fsp3) is 0.273. The maximum absolute atomic E-state index is 10.6. The first kappa shape index (κ1) is 12.2. The largest absolute Gasteiger partial charge is 0.496 e. The molecule has 0 aromatic heterocycles. The fourth-order valence-corrected chi connectivity index (χ4v) is 1.30. The Morgan fingerprint density at radius 3 is 2.69 bits per heavy atom. The first-order valence-corrected chi connectivity index (χ1v) is 4.53. The molecule has 1 rings (SSSR count). The minimum Gasteiger partial charge on any atom is -0.496 e. The molecule has 0 fully saturated rings. The molecule has 0 spiro atoms. The molecule has 0 radical (unpaired) electrons. The Hall–Kier alpha value is -1.90. The average Bonchev–Trinajstić information content (AvgIpc) is 2.35. The molecule has 0 aliphatic carbocycles. The van der Waals surface area contributed by atoms with Crippen LogP contribution in [0.3, 0.4) is 0 Å². The van der Waals surface area contributed by atoms with Gasteiger partial charge >= 0.3 is 0 Å². The summed E-state index contributed by atoms with van der Waals surface area (Å²) in [5.41, 5.74) is 0.543. The van der Waals surface area contributed by atoms with E-state index in [2.05, 4.69) is 0 Å². The summed E-state index contributed by atoms with van der Waals surface area (Å²) in [4.78, 5) is 10.6. The summed E-state index contributed by atoms with van der Waals surface area (Å²) < 4.78 is 4.96. The van der Waals surface area contributed by atoms with E-state index in [1.165, 1.54) is 31.4 Å². The van der Waals surface area contributed by atoms with Crippen LogP contribution in [0.1, 0.15) is 22.0 Å². The van der Waals surface area contributed by atoms with Crippen LogP contribution in [-0.2, 0) is 0 Å². The quantitative estimate of drug-likeness (QED) is 0.568. The topological polar surface area (TPSA) is 90.6 Å². The number of rotatable bonds is 4. The van der Waals surface area contributed by atoms with Gasteiger partial charge in [0.1, 0.15) is 18.1 Å². The zero-order valence-corrected chi connectivity index (χ0v) is 8.62. The van der Waals surface area contributed by atoms with E-state index in [0.29, 0.717) is 17.6 Å². The van der Waals surface area contributed by atoms with Crippen molar-refractivity contribution in [3.05, 3.63) is 29.3 Å². The maximum atomic E-state index is 10.6. The van der Waals surface area contributed by atoms with Gasteiger partial charge in [0, 0.05) is 11.1 Å². The van der Waals surface area contributed by atoms with Crippen LogP contribution in [0.25, 0.3) is 0 Å². The second-order valence-electron chi connectivity index (χ2n) is 3.14. The second kappa shape index (κ2) is 5.26. The van der Waals surface area contributed by atoms with Crippen molar-refractivity contribution >= 4 is 6.29 Å². The number of nitriles is 1. The van der Waals surface area contributed by atoms with Crippen LogP contribution in [-0.4, -0.2) is 29.7 Å². The molecule has 2 atom stereocenters. The lowest BCUT2D eigenvalue weighted by Gasteiger charge is -2.15. The first-order valence-electron chi connectivity index (χ1n) is 4.53. The Labute approximate surface area is 92.5 Å². The number of aliphatic hydroxyl groups excluding tert-OH is 2. The Bertz CT molecular complexity index is 424. The van der Waals surface area contributed by atoms with Gasteiger partial charge in [0.05, 0.1) is 13.2 Å². The molecular weight excluding hydrogens is 210 g/mol. The highest BCUT2D eigenvalue weighted by molar-refractivity contribution is 5.75. The van der Waals surface area contributed by atoms with Crippen LogP contribution in [0.15, 0.2) is 18.2 Å². The molecule has 0 aliphatic heterocycles. The Morgan fingerprint density at radius 2 is 2.19 bits per heavy atom. The molecule has 2 N–H and O–H groups in total. The fourth-order valence-electron chi connectivity index (χ4n) is 1.30. The minimum absolute atomic E-state index is 0.209. The van der Waals surface area contributed by atoms with E-state index in [4.69, 9.17) is 10.00 Å². The van der Waals surface area contributed by atoms with Crippen molar-refractivity contribution in [1.82, 2.24) is 0 Å². The number of ether oxygens (including phenoxy) is 1. The molecule has 1 aromatic rings. The van der Waals surface area contributed by atoms with Crippen LogP contribution in [0, 0.1) is 11.3 Å². The third-order valence-electron chi connectivity index (χ3n) is 2.14. The molecule has 0 bridgehead atoms. The first-order chi connectivity index (χ1) is 7.63. The SMILES string of the molecule is COc1ccc(C=O)cc1C(O)C(O)C#N. The molecular formula is C11H11NO4. The number of aliphatic hydroxyl groups is 2. The highest BCUT2D eigenvalue weighted by atomic mass is 16.5. The van der Waals surface area contributed by atoms with Crippen molar-refractivity contribution in [3.63, 3.8) is 0 Å². The standard InChI is InChI=1S/C11H11NO4/c1-16-10-3-2-7(6-13)4-8(10)11(15)9(14)5-12/h2-4,6,9,11,14-15H,1H3. The Balaban J connectivity index is 3.18. The van der Waals surface area contributed by atoms with E-state index in [9.17, 15) is 15.0 Å². The molecule has 5 heteroatoms. The third-order valence-corrected chi connectivity index (χ3v) is 2.14. The molecule has 0 saturated carbocycles. The van der Waals surface area contributed by atoms with Gasteiger partial charge in [-0.05, 0) is 18.2 Å². The summed E-state index contributed by atoms with van der Waals surface area (Å²) in [7, 11) is 1.39. The summed E-state index contributed by atoms with van der Waals surface area (Å²) in [5.74, 6) is 0.312. The van der Waals surface area contributed by atoms with Crippen molar-refractivity contribution in [2.75, 3.05) is 7.11 Å². The lowest BCUT2D eigenvalue weighted by atomic mass is 10.0. The van der Waals surface area contributed by atoms with Crippen LogP contribution < -0.4 is 4.74 Å². The number of carbonyl (C=O) groups excluding carboxylic acids is 1. The molecule has 0 amide bonds. The number of hydrogen-bond donors (Lipinski definition) is 2. The highest BCUT2D eigenvalue weighted by Gasteiger charge is 2.21. The number of aldehydes is 1. The molecule has 0 heterocycles. The number of nitrogens with zero attached hydrogens (tertiary/aromatic N) is 1. The lowest BCUT2D eigenvalue weighted by Crippen LogP contribution is -2.16. The van der Waals surface area contributed by atoms with Crippen molar-refractivity contribution in [1.29, 1.82) is 5.26 Å². The molecule has 5 nitrogen and oxygen atoms in total. The van der Waals surface area contributed by atoms with Crippen LogP contribution >= 0.6 is 0 Å². The zero-order chi connectivity index (χ0) is 12.1. The van der Waals surface area contributed by atoms with Gasteiger partial charge in [0.2, 0.25) is 0 Å². The molecule has 84 valence electrons. The van der Waals surface area contributed by atoms with E-state index < -0.39 is 12.2 Å². The van der Waals surface area contributed by atoms with Crippen molar-refractivity contribution in [2.24, 2.45) is 0 Å². The summed E-state index contributed by atoms with van der Waals surface area (Å²) in [6.07, 6.45) is -2.36. The Kier molecular flexibility index (Phi) is 4.00. The van der Waals surface area contributed by atoms with Crippen LogP contribution in [0.2, 0.25) is 0 Å². The predicted octanol–water partition coefficient (Wildman–Crippen LogP) is 0.426. The van der Waals surface area contributed by atoms with E-state index in [0.717, 1.165) is 0 Å². The summed E-state index contributed by atoms with van der Waals surface area (Å²) in [6, 6.07) is 5.89. The minimum atomic E-state index is -1.56. The van der Waals surface area contributed by atoms with E-state index in [1.807, 2.05) is 0 Å². The molecule has 1 aromatic carbocycles. The monoisotopic (exact) mass is 221 g/mol. The number of carbonyl (C=O) groups is 1. The number of benzene rings is 1. The predicted molar refractivity (Wildman–Crippen MR) is 55.0 cm³/mol. The Morgan fingerprint density at radius 1 is 1.50 bits per heavy atom.